The molecule has 7 nitrogen and oxygen atoms in total. The molecule has 0 unspecified atom stereocenters. The summed E-state index contributed by atoms with van der Waals surface area (Å²) >= 11 is 1.43. The first-order valence-corrected chi connectivity index (χ1v) is 9.05. The highest BCUT2D eigenvalue weighted by Crippen LogP contribution is 2.37. The summed E-state index contributed by atoms with van der Waals surface area (Å²) in [5.41, 5.74) is 2.07. The number of carbonyl (C=O) groups is 2. The Morgan fingerprint density at radius 1 is 1.48 bits per heavy atom. The molecule has 1 aliphatic rings. The lowest BCUT2D eigenvalue weighted by Gasteiger charge is -2.26. The van der Waals surface area contributed by atoms with E-state index in [1.165, 1.54) is 18.4 Å². The molecule has 0 fully saturated rings. The quantitative estimate of drug-likeness (QED) is 0.822. The van der Waals surface area contributed by atoms with E-state index in [1.807, 2.05) is 0 Å². The first-order chi connectivity index (χ1) is 12.0. The summed E-state index contributed by atoms with van der Waals surface area (Å²) in [5, 5.41) is 7.01. The number of fused-ring (bicyclic) bond motifs is 1. The van der Waals surface area contributed by atoms with Crippen molar-refractivity contribution in [1.82, 2.24) is 10.1 Å². The van der Waals surface area contributed by atoms with Crippen LogP contribution in [0.3, 0.4) is 0 Å². The Morgan fingerprint density at radius 2 is 2.28 bits per heavy atom. The lowest BCUT2D eigenvalue weighted by Crippen LogP contribution is -2.30. The zero-order chi connectivity index (χ0) is 18.0. The molecule has 0 aliphatic carbocycles. The predicted octanol–water partition coefficient (Wildman–Crippen LogP) is 2.85. The topological polar surface area (TPSA) is 84.7 Å². The number of thiophene rings is 1. The molecule has 134 valence electrons. The van der Waals surface area contributed by atoms with E-state index in [0.29, 0.717) is 16.3 Å². The van der Waals surface area contributed by atoms with Gasteiger partial charge in [-0.05, 0) is 31.9 Å². The van der Waals surface area contributed by atoms with Crippen LogP contribution in [0.2, 0.25) is 0 Å². The molecule has 0 atom stereocenters. The van der Waals surface area contributed by atoms with Gasteiger partial charge in [0.25, 0.3) is 5.91 Å². The van der Waals surface area contributed by atoms with Gasteiger partial charge in [0.05, 0.1) is 18.4 Å². The standard InChI is InChI=1S/C17H21N3O4S/c1-4-6-20-7-5-11-13(9-20)25-16(14(11)17(22)23-3)18-15(21)12-8-10(2)19-24-12/h8H,4-7,9H2,1-3H3,(H,18,21). The maximum Gasteiger partial charge on any atom is 0.341 e. The molecule has 0 bridgehead atoms. The highest BCUT2D eigenvalue weighted by molar-refractivity contribution is 7.17. The van der Waals surface area contributed by atoms with Crippen molar-refractivity contribution in [2.24, 2.45) is 0 Å². The van der Waals surface area contributed by atoms with Gasteiger partial charge in [-0.1, -0.05) is 12.1 Å². The van der Waals surface area contributed by atoms with Gasteiger partial charge in [0.1, 0.15) is 5.00 Å². The Kier molecular flexibility index (Phi) is 5.19. The van der Waals surface area contributed by atoms with E-state index >= 15 is 0 Å². The lowest BCUT2D eigenvalue weighted by molar-refractivity contribution is 0.0600. The van der Waals surface area contributed by atoms with E-state index in [-0.39, 0.29) is 5.76 Å². The molecule has 0 saturated carbocycles. The maximum absolute atomic E-state index is 12.4. The van der Waals surface area contributed by atoms with Gasteiger partial charge >= 0.3 is 5.97 Å². The molecule has 0 radical (unpaired) electrons. The lowest BCUT2D eigenvalue weighted by atomic mass is 10.0. The number of aromatic nitrogens is 1. The van der Waals surface area contributed by atoms with Gasteiger partial charge in [0, 0.05) is 24.0 Å². The molecule has 1 aliphatic heterocycles. The van der Waals surface area contributed by atoms with Crippen LogP contribution < -0.4 is 5.32 Å². The molecule has 2 aromatic rings. The van der Waals surface area contributed by atoms with Crippen molar-refractivity contribution in [2.75, 3.05) is 25.5 Å². The average molecular weight is 363 g/mol. The molecule has 0 saturated heterocycles. The second kappa shape index (κ2) is 7.37. The summed E-state index contributed by atoms with van der Waals surface area (Å²) in [4.78, 5) is 28.1. The van der Waals surface area contributed by atoms with Gasteiger partial charge < -0.3 is 14.6 Å². The van der Waals surface area contributed by atoms with Crippen LogP contribution in [0.4, 0.5) is 5.00 Å². The maximum atomic E-state index is 12.4. The van der Waals surface area contributed by atoms with E-state index < -0.39 is 11.9 Å². The Hall–Kier alpha value is -2.19. The molecular weight excluding hydrogens is 342 g/mol. The minimum Gasteiger partial charge on any atom is -0.465 e. The molecule has 0 spiro atoms. The van der Waals surface area contributed by atoms with Crippen LogP contribution in [-0.2, 0) is 17.7 Å². The fraction of sp³-hybridized carbons (Fsp3) is 0.471. The average Bonchev–Trinajstić information content (AvgIpc) is 3.17. The minimum atomic E-state index is -0.425. The highest BCUT2D eigenvalue weighted by atomic mass is 32.1. The van der Waals surface area contributed by atoms with Crippen molar-refractivity contribution in [3.05, 3.63) is 33.5 Å². The SMILES string of the molecule is CCCN1CCc2c(sc(NC(=O)c3cc(C)no3)c2C(=O)OC)C1. The molecule has 3 rings (SSSR count). The Bertz CT molecular complexity index is 796. The van der Waals surface area contributed by atoms with Gasteiger partial charge in [0.2, 0.25) is 5.76 Å². The van der Waals surface area contributed by atoms with Crippen LogP contribution >= 0.6 is 11.3 Å². The summed E-state index contributed by atoms with van der Waals surface area (Å²) < 4.78 is 9.93. The number of ether oxygens (including phenoxy) is 1. The van der Waals surface area contributed by atoms with Crippen LogP contribution in [0.15, 0.2) is 10.6 Å². The first-order valence-electron chi connectivity index (χ1n) is 8.23. The van der Waals surface area contributed by atoms with Gasteiger partial charge in [-0.25, -0.2) is 4.79 Å². The first kappa shape index (κ1) is 17.6. The Balaban J connectivity index is 1.90. The van der Waals surface area contributed by atoms with Crippen molar-refractivity contribution >= 4 is 28.2 Å². The number of methoxy groups -OCH3 is 1. The van der Waals surface area contributed by atoms with Gasteiger partial charge in [-0.2, -0.15) is 0 Å². The number of amides is 1. The van der Waals surface area contributed by atoms with E-state index in [4.69, 9.17) is 9.26 Å². The molecule has 8 heteroatoms. The molecule has 2 aromatic heterocycles. The van der Waals surface area contributed by atoms with Crippen molar-refractivity contribution < 1.29 is 18.8 Å². The summed E-state index contributed by atoms with van der Waals surface area (Å²) in [6, 6.07) is 1.56. The van der Waals surface area contributed by atoms with Gasteiger partial charge in [0.15, 0.2) is 0 Å². The van der Waals surface area contributed by atoms with Gasteiger partial charge in [-0.3, -0.25) is 9.69 Å². The number of hydrogen-bond donors (Lipinski definition) is 1. The Morgan fingerprint density at radius 3 is 2.92 bits per heavy atom. The monoisotopic (exact) mass is 363 g/mol. The smallest absolute Gasteiger partial charge is 0.341 e. The normalized spacial score (nSPS) is 14.2. The van der Waals surface area contributed by atoms with E-state index in [1.54, 1.807) is 13.0 Å². The zero-order valence-corrected chi connectivity index (χ0v) is 15.4. The predicted molar refractivity (Wildman–Crippen MR) is 94.1 cm³/mol. The molecule has 3 heterocycles. The minimum absolute atomic E-state index is 0.118. The van der Waals surface area contributed by atoms with Crippen molar-refractivity contribution in [1.29, 1.82) is 0 Å². The number of nitrogens with zero attached hydrogens (tertiary/aromatic N) is 2. The van der Waals surface area contributed by atoms with Crippen LogP contribution in [0.25, 0.3) is 0 Å². The fourth-order valence-electron chi connectivity index (χ4n) is 3.00. The van der Waals surface area contributed by atoms with Gasteiger partial charge in [-0.15, -0.1) is 11.3 Å². The summed E-state index contributed by atoms with van der Waals surface area (Å²) in [5.74, 6) is -0.729. The van der Waals surface area contributed by atoms with Crippen LogP contribution in [-0.4, -0.2) is 42.1 Å². The third-order valence-corrected chi connectivity index (χ3v) is 5.28. The van der Waals surface area contributed by atoms with Crippen LogP contribution in [0.5, 0.6) is 0 Å². The second-order valence-electron chi connectivity index (χ2n) is 6.01. The highest BCUT2D eigenvalue weighted by Gasteiger charge is 2.29. The largest absolute Gasteiger partial charge is 0.465 e. The van der Waals surface area contributed by atoms with Crippen molar-refractivity contribution in [3.63, 3.8) is 0 Å². The van der Waals surface area contributed by atoms with Crippen LogP contribution in [0, 0.1) is 6.92 Å². The zero-order valence-electron chi connectivity index (χ0n) is 14.5. The molecule has 25 heavy (non-hydrogen) atoms. The van der Waals surface area contributed by atoms with E-state index in [2.05, 4.69) is 22.3 Å². The number of hydrogen-bond acceptors (Lipinski definition) is 7. The molecule has 0 aromatic carbocycles. The summed E-state index contributed by atoms with van der Waals surface area (Å²) in [6.07, 6.45) is 1.85. The number of rotatable bonds is 5. The molecule has 1 N–H and O–H groups in total. The van der Waals surface area contributed by atoms with E-state index in [0.717, 1.165) is 42.9 Å². The van der Waals surface area contributed by atoms with E-state index in [9.17, 15) is 9.59 Å². The number of anilines is 1. The summed E-state index contributed by atoms with van der Waals surface area (Å²) in [7, 11) is 1.35. The number of esters is 1. The number of aryl methyl sites for hydroxylation is 1. The van der Waals surface area contributed by atoms with Crippen LogP contribution in [0.1, 0.15) is 50.4 Å². The molecular formula is C17H21N3O4S. The summed E-state index contributed by atoms with van der Waals surface area (Å²) in [6.45, 7) is 6.59. The third kappa shape index (κ3) is 3.59. The van der Waals surface area contributed by atoms with Crippen molar-refractivity contribution in [2.45, 2.75) is 33.2 Å². The number of carbonyl (C=O) groups excluding carboxylic acids is 2. The van der Waals surface area contributed by atoms with Crippen molar-refractivity contribution in [3.8, 4) is 0 Å². The molecule has 1 amide bonds. The third-order valence-electron chi connectivity index (χ3n) is 4.14. The second-order valence-corrected chi connectivity index (χ2v) is 7.12. The number of nitrogens with one attached hydrogen (secondary N) is 1. The Labute approximate surface area is 149 Å². The fourth-order valence-corrected chi connectivity index (χ4v) is 4.28.